The fraction of sp³-hybridized carbons (Fsp3) is 0.300. The Morgan fingerprint density at radius 2 is 1.85 bits per heavy atom. The Labute approximate surface area is 158 Å². The summed E-state index contributed by atoms with van der Waals surface area (Å²) in [5.74, 6) is -0.286. The number of primary amides is 1. The molecular weight excluding hydrogens is 352 g/mol. The van der Waals surface area contributed by atoms with Crippen LogP contribution in [-0.2, 0) is 4.79 Å². The number of amides is 2. The van der Waals surface area contributed by atoms with Crippen molar-refractivity contribution < 1.29 is 14.3 Å². The first-order valence-electron chi connectivity index (χ1n) is 8.43. The van der Waals surface area contributed by atoms with Gasteiger partial charge in [0.2, 0.25) is 0 Å². The molecule has 2 aromatic carbocycles. The van der Waals surface area contributed by atoms with E-state index in [9.17, 15) is 9.59 Å². The summed E-state index contributed by atoms with van der Waals surface area (Å²) in [5, 5.41) is 3.36. The van der Waals surface area contributed by atoms with Gasteiger partial charge in [0.15, 0.2) is 6.61 Å². The molecule has 3 N–H and O–H groups in total. The second-order valence-electron chi connectivity index (χ2n) is 6.45. The summed E-state index contributed by atoms with van der Waals surface area (Å²) < 4.78 is 5.49. The van der Waals surface area contributed by atoms with Crippen molar-refractivity contribution in [2.24, 2.45) is 11.7 Å². The number of hydrogen-bond acceptors (Lipinski definition) is 3. The number of hydrogen-bond donors (Lipinski definition) is 2. The van der Waals surface area contributed by atoms with Gasteiger partial charge < -0.3 is 15.8 Å². The predicted octanol–water partition coefficient (Wildman–Crippen LogP) is 3.72. The molecule has 6 heteroatoms. The Balaban J connectivity index is 2.04. The number of rotatable bonds is 8. The molecule has 2 rings (SSSR count). The van der Waals surface area contributed by atoms with E-state index in [1.807, 2.05) is 30.3 Å². The van der Waals surface area contributed by atoms with Gasteiger partial charge in [-0.1, -0.05) is 55.8 Å². The third-order valence-electron chi connectivity index (χ3n) is 3.81. The highest BCUT2D eigenvalue weighted by molar-refractivity contribution is 6.31. The second-order valence-corrected chi connectivity index (χ2v) is 6.89. The summed E-state index contributed by atoms with van der Waals surface area (Å²) in [6.45, 7) is 3.99. The molecule has 0 saturated carbocycles. The molecule has 5 nitrogen and oxygen atoms in total. The van der Waals surface area contributed by atoms with Gasteiger partial charge in [-0.05, 0) is 36.1 Å². The number of ether oxygens (including phenoxy) is 1. The highest BCUT2D eigenvalue weighted by Gasteiger charge is 2.17. The average molecular weight is 375 g/mol. The zero-order valence-corrected chi connectivity index (χ0v) is 15.6. The normalized spacial score (nSPS) is 11.8. The number of carbonyl (C=O) groups is 2. The van der Waals surface area contributed by atoms with Crippen molar-refractivity contribution >= 4 is 23.4 Å². The standard InChI is InChI=1S/C20H23ClN2O3/c1-13(2)10-17(14-6-4-3-5-7-14)23-19(24)12-26-18-9-8-15(21)11-16(18)20(22)25/h3-9,11,13,17H,10,12H2,1-2H3,(H2,22,25)(H,23,24)/t17-/m0/s1. The summed E-state index contributed by atoms with van der Waals surface area (Å²) >= 11 is 5.87. The Morgan fingerprint density at radius 1 is 1.15 bits per heavy atom. The lowest BCUT2D eigenvalue weighted by Gasteiger charge is -2.21. The van der Waals surface area contributed by atoms with E-state index in [0.29, 0.717) is 10.9 Å². The maximum Gasteiger partial charge on any atom is 0.258 e. The van der Waals surface area contributed by atoms with Gasteiger partial charge in [0.1, 0.15) is 5.75 Å². The Morgan fingerprint density at radius 3 is 2.46 bits per heavy atom. The first-order chi connectivity index (χ1) is 12.4. The summed E-state index contributed by atoms with van der Waals surface area (Å²) in [6.07, 6.45) is 0.809. The quantitative estimate of drug-likeness (QED) is 0.738. The molecule has 0 aromatic heterocycles. The molecule has 0 aliphatic rings. The summed E-state index contributed by atoms with van der Waals surface area (Å²) in [7, 11) is 0. The zero-order chi connectivity index (χ0) is 19.1. The number of carbonyl (C=O) groups excluding carboxylic acids is 2. The number of halogens is 1. The zero-order valence-electron chi connectivity index (χ0n) is 14.9. The van der Waals surface area contributed by atoms with Crippen LogP contribution in [0.5, 0.6) is 5.75 Å². The lowest BCUT2D eigenvalue weighted by Crippen LogP contribution is -2.33. The van der Waals surface area contributed by atoms with Gasteiger partial charge in [0.25, 0.3) is 11.8 Å². The summed E-state index contributed by atoms with van der Waals surface area (Å²) in [5.41, 5.74) is 6.51. The van der Waals surface area contributed by atoms with E-state index in [2.05, 4.69) is 19.2 Å². The van der Waals surface area contributed by atoms with Crippen molar-refractivity contribution in [2.45, 2.75) is 26.3 Å². The number of benzene rings is 2. The summed E-state index contributed by atoms with van der Waals surface area (Å²) in [6, 6.07) is 14.2. The molecule has 0 heterocycles. The SMILES string of the molecule is CC(C)C[C@H](NC(=O)COc1ccc(Cl)cc1C(N)=O)c1ccccc1. The lowest BCUT2D eigenvalue weighted by molar-refractivity contribution is -0.124. The van der Waals surface area contributed by atoms with Gasteiger partial charge in [0, 0.05) is 5.02 Å². The van der Waals surface area contributed by atoms with Crippen LogP contribution < -0.4 is 15.8 Å². The fourth-order valence-electron chi connectivity index (χ4n) is 2.64. The van der Waals surface area contributed by atoms with E-state index < -0.39 is 5.91 Å². The van der Waals surface area contributed by atoms with Crippen molar-refractivity contribution in [3.05, 3.63) is 64.7 Å². The van der Waals surface area contributed by atoms with Crippen molar-refractivity contribution in [1.29, 1.82) is 0 Å². The molecule has 0 fully saturated rings. The van der Waals surface area contributed by atoms with Gasteiger partial charge in [-0.15, -0.1) is 0 Å². The third-order valence-corrected chi connectivity index (χ3v) is 4.05. The Hall–Kier alpha value is -2.53. The monoisotopic (exact) mass is 374 g/mol. The van der Waals surface area contributed by atoms with Gasteiger partial charge in [0.05, 0.1) is 11.6 Å². The topological polar surface area (TPSA) is 81.4 Å². The highest BCUT2D eigenvalue weighted by Crippen LogP contribution is 2.23. The molecule has 2 amide bonds. The second kappa shape index (κ2) is 9.25. The van der Waals surface area contributed by atoms with E-state index in [-0.39, 0.29) is 29.9 Å². The maximum atomic E-state index is 12.4. The van der Waals surface area contributed by atoms with Crippen LogP contribution in [0.4, 0.5) is 0 Å². The third kappa shape index (κ3) is 5.77. The molecule has 2 aromatic rings. The van der Waals surface area contributed by atoms with Crippen LogP contribution in [0.1, 0.15) is 42.2 Å². The highest BCUT2D eigenvalue weighted by atomic mass is 35.5. The van der Waals surface area contributed by atoms with Gasteiger partial charge in [-0.2, -0.15) is 0 Å². The van der Waals surface area contributed by atoms with Crippen molar-refractivity contribution in [2.75, 3.05) is 6.61 Å². The van der Waals surface area contributed by atoms with E-state index in [1.165, 1.54) is 12.1 Å². The molecule has 0 aliphatic carbocycles. The number of nitrogens with one attached hydrogen (secondary N) is 1. The van der Waals surface area contributed by atoms with E-state index in [4.69, 9.17) is 22.1 Å². The maximum absolute atomic E-state index is 12.4. The molecule has 26 heavy (non-hydrogen) atoms. The van der Waals surface area contributed by atoms with Gasteiger partial charge in [-0.3, -0.25) is 9.59 Å². The minimum absolute atomic E-state index is 0.104. The van der Waals surface area contributed by atoms with Crippen LogP contribution >= 0.6 is 11.6 Å². The molecular formula is C20H23ClN2O3. The summed E-state index contributed by atoms with van der Waals surface area (Å²) in [4.78, 5) is 23.8. The molecule has 0 unspecified atom stereocenters. The van der Waals surface area contributed by atoms with E-state index >= 15 is 0 Å². The van der Waals surface area contributed by atoms with E-state index in [1.54, 1.807) is 6.07 Å². The Kier molecular flexibility index (Phi) is 7.04. The van der Waals surface area contributed by atoms with Crippen LogP contribution in [0.3, 0.4) is 0 Å². The molecule has 0 radical (unpaired) electrons. The molecule has 0 saturated heterocycles. The fourth-order valence-corrected chi connectivity index (χ4v) is 2.81. The molecule has 0 bridgehead atoms. The van der Waals surface area contributed by atoms with Gasteiger partial charge >= 0.3 is 0 Å². The van der Waals surface area contributed by atoms with Crippen LogP contribution in [0.15, 0.2) is 48.5 Å². The minimum atomic E-state index is -0.662. The van der Waals surface area contributed by atoms with E-state index in [0.717, 1.165) is 12.0 Å². The van der Waals surface area contributed by atoms with Crippen LogP contribution in [0.2, 0.25) is 5.02 Å². The molecule has 1 atom stereocenters. The predicted molar refractivity (Wildman–Crippen MR) is 102 cm³/mol. The largest absolute Gasteiger partial charge is 0.483 e. The minimum Gasteiger partial charge on any atom is -0.483 e. The van der Waals surface area contributed by atoms with Crippen molar-refractivity contribution in [3.63, 3.8) is 0 Å². The lowest BCUT2D eigenvalue weighted by atomic mass is 9.97. The number of nitrogens with two attached hydrogens (primary N) is 1. The van der Waals surface area contributed by atoms with Crippen LogP contribution in [0.25, 0.3) is 0 Å². The molecule has 0 aliphatic heterocycles. The smallest absolute Gasteiger partial charge is 0.258 e. The first-order valence-corrected chi connectivity index (χ1v) is 8.81. The van der Waals surface area contributed by atoms with Crippen molar-refractivity contribution in [3.8, 4) is 5.75 Å². The molecule has 0 spiro atoms. The van der Waals surface area contributed by atoms with Crippen LogP contribution in [0, 0.1) is 5.92 Å². The van der Waals surface area contributed by atoms with Gasteiger partial charge in [-0.25, -0.2) is 0 Å². The van der Waals surface area contributed by atoms with Crippen molar-refractivity contribution in [1.82, 2.24) is 5.32 Å². The average Bonchev–Trinajstić information content (AvgIpc) is 2.60. The van der Waals surface area contributed by atoms with Crippen LogP contribution in [-0.4, -0.2) is 18.4 Å². The molecule has 138 valence electrons. The first kappa shape index (κ1) is 19.8. The Bertz CT molecular complexity index is 763.